The second kappa shape index (κ2) is 9.10. The van der Waals surface area contributed by atoms with Crippen molar-refractivity contribution in [1.29, 1.82) is 0 Å². The predicted octanol–water partition coefficient (Wildman–Crippen LogP) is 2.25. The van der Waals surface area contributed by atoms with Crippen LogP contribution >= 0.6 is 0 Å². The molecule has 0 atom stereocenters. The molecule has 6 N–H and O–H groups in total. The van der Waals surface area contributed by atoms with Crippen LogP contribution in [0.1, 0.15) is 56.4 Å². The summed E-state index contributed by atoms with van der Waals surface area (Å²) in [7, 11) is 0. The Balaban J connectivity index is 1.56. The number of nitrogens with zero attached hydrogens (tertiary/aromatic N) is 1. The average molecular weight is 374 g/mol. The molecule has 1 saturated carbocycles. The summed E-state index contributed by atoms with van der Waals surface area (Å²) in [5, 5.41) is 8.99. The average Bonchev–Trinajstić information content (AvgIpc) is 2.70. The highest BCUT2D eigenvalue weighted by atomic mass is 16.5. The summed E-state index contributed by atoms with van der Waals surface area (Å²) >= 11 is 0. The maximum atomic E-state index is 11.0. The number of hydrogen-bond donors (Lipinski definition) is 4. The van der Waals surface area contributed by atoms with Crippen LogP contribution in [-0.4, -0.2) is 35.1 Å². The molecule has 0 aromatic heterocycles. The van der Waals surface area contributed by atoms with Gasteiger partial charge in [-0.05, 0) is 62.4 Å². The minimum Gasteiger partial charge on any atom is -0.476 e. The first-order chi connectivity index (χ1) is 13.1. The van der Waals surface area contributed by atoms with E-state index >= 15 is 0 Å². The Morgan fingerprint density at radius 3 is 2.26 bits per heavy atom. The number of hydrazine groups is 1. The second-order valence-electron chi connectivity index (χ2n) is 7.46. The largest absolute Gasteiger partial charge is 0.476 e. The molecule has 1 heterocycles. The Hall–Kier alpha value is -2.25. The van der Waals surface area contributed by atoms with Gasteiger partial charge in [0.25, 0.3) is 0 Å². The molecule has 2 fully saturated rings. The molecule has 0 radical (unpaired) electrons. The number of carbonyl (C=O) groups is 1. The van der Waals surface area contributed by atoms with Gasteiger partial charge in [-0.15, -0.1) is 0 Å². The maximum Gasteiger partial charge on any atom is 0.358 e. The third-order valence-corrected chi connectivity index (χ3v) is 5.80. The number of benzene rings is 1. The molecular weight excluding hydrogens is 344 g/mol. The lowest BCUT2D eigenvalue weighted by Gasteiger charge is -2.39. The van der Waals surface area contributed by atoms with Gasteiger partial charge in [-0.2, -0.15) is 0 Å². The summed E-state index contributed by atoms with van der Waals surface area (Å²) in [5.41, 5.74) is 8.63. The first-order valence-corrected chi connectivity index (χ1v) is 9.80. The van der Waals surface area contributed by atoms with Crippen molar-refractivity contribution in [2.45, 2.75) is 56.9 Å². The molecule has 1 aliphatic carbocycles. The molecule has 0 bridgehead atoms. The Labute approximate surface area is 160 Å². The number of aliphatic carboxylic acids is 1. The molecule has 2 aliphatic rings. The minimum atomic E-state index is -1.27. The number of hydrogen-bond acceptors (Lipinski definition) is 6. The third-order valence-electron chi connectivity index (χ3n) is 5.80. The molecule has 0 unspecified atom stereocenters. The maximum absolute atomic E-state index is 11.0. The monoisotopic (exact) mass is 374 g/mol. The molecule has 148 valence electrons. The fourth-order valence-electron chi connectivity index (χ4n) is 4.27. The molecule has 1 aromatic carbocycles. The number of carboxylic acid groups (broad SMARTS) is 1. The molecule has 1 aromatic rings. The third kappa shape index (κ3) is 4.93. The van der Waals surface area contributed by atoms with Gasteiger partial charge in [0.05, 0.1) is 0 Å². The van der Waals surface area contributed by atoms with Crippen molar-refractivity contribution in [3.05, 3.63) is 41.4 Å². The smallest absolute Gasteiger partial charge is 0.358 e. The van der Waals surface area contributed by atoms with Gasteiger partial charge in [0.2, 0.25) is 5.88 Å². The first kappa shape index (κ1) is 19.5. The molecule has 1 aliphatic heterocycles. The SMILES string of the molecule is NN/C(C(=O)O)=C(\N)Oc1ccc(C2CCN(C3CCCCC3)CC2)cc1. The van der Waals surface area contributed by atoms with Crippen molar-refractivity contribution in [2.24, 2.45) is 11.6 Å². The summed E-state index contributed by atoms with van der Waals surface area (Å²) in [6.07, 6.45) is 9.25. The van der Waals surface area contributed by atoms with Crippen molar-refractivity contribution < 1.29 is 14.6 Å². The Kier molecular flexibility index (Phi) is 6.58. The molecule has 27 heavy (non-hydrogen) atoms. The van der Waals surface area contributed by atoms with Crippen LogP contribution in [-0.2, 0) is 4.79 Å². The molecule has 7 nitrogen and oxygen atoms in total. The number of rotatable bonds is 6. The van der Waals surface area contributed by atoms with Crippen LogP contribution in [0.2, 0.25) is 0 Å². The number of ether oxygens (including phenoxy) is 1. The Morgan fingerprint density at radius 1 is 1.07 bits per heavy atom. The molecule has 1 saturated heterocycles. The zero-order valence-corrected chi connectivity index (χ0v) is 15.7. The standard InChI is InChI=1S/C20H30N4O3/c21-19(18(23-22)20(25)26)27-17-8-6-14(7-9-17)15-10-12-24(13-11-15)16-4-2-1-3-5-16/h6-9,15-16,23H,1-5,10-13,21-22H2,(H,25,26)/b19-18+. The van der Waals surface area contributed by atoms with Gasteiger partial charge in [-0.25, -0.2) is 4.79 Å². The number of likely N-dealkylation sites (tertiary alicyclic amines) is 1. The lowest BCUT2D eigenvalue weighted by atomic mass is 9.87. The molecule has 0 spiro atoms. The van der Waals surface area contributed by atoms with Crippen LogP contribution < -0.4 is 21.7 Å². The number of carboxylic acids is 1. The summed E-state index contributed by atoms with van der Waals surface area (Å²) in [6, 6.07) is 8.53. The van der Waals surface area contributed by atoms with E-state index in [4.69, 9.17) is 21.4 Å². The second-order valence-corrected chi connectivity index (χ2v) is 7.46. The molecule has 7 heteroatoms. The van der Waals surface area contributed by atoms with Crippen LogP contribution in [0.15, 0.2) is 35.8 Å². The van der Waals surface area contributed by atoms with Gasteiger partial charge in [-0.1, -0.05) is 31.4 Å². The lowest BCUT2D eigenvalue weighted by Crippen LogP contribution is -2.41. The van der Waals surface area contributed by atoms with Gasteiger partial charge < -0.3 is 25.9 Å². The summed E-state index contributed by atoms with van der Waals surface area (Å²) in [4.78, 5) is 13.7. The fraction of sp³-hybridized carbons (Fsp3) is 0.550. The van der Waals surface area contributed by atoms with E-state index in [9.17, 15) is 4.79 Å². The van der Waals surface area contributed by atoms with E-state index in [1.54, 1.807) is 0 Å². The molecular formula is C20H30N4O3. The predicted molar refractivity (Wildman–Crippen MR) is 104 cm³/mol. The van der Waals surface area contributed by atoms with Crippen LogP contribution in [0.4, 0.5) is 0 Å². The highest BCUT2D eigenvalue weighted by Crippen LogP contribution is 2.32. The summed E-state index contributed by atoms with van der Waals surface area (Å²) < 4.78 is 5.39. The zero-order valence-electron chi connectivity index (χ0n) is 15.7. The quantitative estimate of drug-likeness (QED) is 0.261. The Morgan fingerprint density at radius 2 is 1.70 bits per heavy atom. The molecule has 0 amide bonds. The van der Waals surface area contributed by atoms with E-state index in [1.165, 1.54) is 63.6 Å². The van der Waals surface area contributed by atoms with Gasteiger partial charge in [0, 0.05) is 6.04 Å². The van der Waals surface area contributed by atoms with Crippen LogP contribution in [0.25, 0.3) is 0 Å². The fourth-order valence-corrected chi connectivity index (χ4v) is 4.27. The summed E-state index contributed by atoms with van der Waals surface area (Å²) in [6.45, 7) is 2.35. The van der Waals surface area contributed by atoms with Crippen LogP contribution in [0.5, 0.6) is 5.75 Å². The molecule has 3 rings (SSSR count). The summed E-state index contributed by atoms with van der Waals surface area (Å²) in [5.74, 6) is 4.68. The van der Waals surface area contributed by atoms with E-state index in [-0.39, 0.29) is 11.6 Å². The minimum absolute atomic E-state index is 0.265. The van der Waals surface area contributed by atoms with Crippen molar-refractivity contribution in [2.75, 3.05) is 13.1 Å². The van der Waals surface area contributed by atoms with Gasteiger partial charge in [-0.3, -0.25) is 5.84 Å². The first-order valence-electron chi connectivity index (χ1n) is 9.80. The van der Waals surface area contributed by atoms with Gasteiger partial charge in [0.1, 0.15) is 5.75 Å². The van der Waals surface area contributed by atoms with Crippen LogP contribution in [0.3, 0.4) is 0 Å². The zero-order chi connectivity index (χ0) is 19.2. The van der Waals surface area contributed by atoms with Gasteiger partial charge >= 0.3 is 5.97 Å². The highest BCUT2D eigenvalue weighted by molar-refractivity contribution is 5.86. The van der Waals surface area contributed by atoms with Crippen LogP contribution in [0, 0.1) is 0 Å². The van der Waals surface area contributed by atoms with Crippen molar-refractivity contribution in [3.8, 4) is 5.75 Å². The van der Waals surface area contributed by atoms with E-state index in [0.717, 1.165) is 6.04 Å². The van der Waals surface area contributed by atoms with E-state index in [1.807, 2.05) is 29.7 Å². The number of piperidine rings is 1. The van der Waals surface area contributed by atoms with E-state index < -0.39 is 5.97 Å². The normalized spacial score (nSPS) is 20.8. The van der Waals surface area contributed by atoms with Crippen molar-refractivity contribution in [1.82, 2.24) is 10.3 Å². The number of nitrogens with two attached hydrogens (primary N) is 2. The van der Waals surface area contributed by atoms with Crippen molar-refractivity contribution >= 4 is 5.97 Å². The number of nitrogens with one attached hydrogen (secondary N) is 1. The van der Waals surface area contributed by atoms with E-state index in [2.05, 4.69) is 4.90 Å². The Bertz CT molecular complexity index is 660. The highest BCUT2D eigenvalue weighted by Gasteiger charge is 2.26. The van der Waals surface area contributed by atoms with Crippen molar-refractivity contribution in [3.63, 3.8) is 0 Å². The topological polar surface area (TPSA) is 114 Å². The van der Waals surface area contributed by atoms with Gasteiger partial charge in [0.15, 0.2) is 5.70 Å². The lowest BCUT2D eigenvalue weighted by molar-refractivity contribution is -0.133. The van der Waals surface area contributed by atoms with E-state index in [0.29, 0.717) is 11.7 Å².